The normalized spacial score (nSPS) is 11.3. The number of pyridine rings is 1. The minimum atomic E-state index is -0.260. The maximum atomic E-state index is 13.4. The Bertz CT molecular complexity index is 1610. The molecule has 8 heteroatoms. The third kappa shape index (κ3) is 5.23. The van der Waals surface area contributed by atoms with Gasteiger partial charge >= 0.3 is 0 Å². The lowest BCUT2D eigenvalue weighted by Gasteiger charge is -2.09. The average Bonchev–Trinajstić information content (AvgIpc) is 3.50. The summed E-state index contributed by atoms with van der Waals surface area (Å²) in [5, 5.41) is 12.6. The number of carbonyl (C=O) groups is 2. The van der Waals surface area contributed by atoms with Gasteiger partial charge in [0.1, 0.15) is 5.69 Å². The summed E-state index contributed by atoms with van der Waals surface area (Å²) in [6.45, 7) is 4.56. The molecule has 0 radical (unpaired) electrons. The van der Waals surface area contributed by atoms with Gasteiger partial charge in [-0.2, -0.15) is 10.2 Å². The van der Waals surface area contributed by atoms with E-state index in [1.807, 2.05) is 56.5 Å². The first-order chi connectivity index (χ1) is 18.0. The second-order valence-electron chi connectivity index (χ2n) is 8.69. The predicted molar refractivity (Wildman–Crippen MR) is 144 cm³/mol. The quantitative estimate of drug-likeness (QED) is 0.292. The Morgan fingerprint density at radius 3 is 2.68 bits per heavy atom. The number of rotatable bonds is 8. The van der Waals surface area contributed by atoms with E-state index in [9.17, 15) is 9.59 Å². The van der Waals surface area contributed by atoms with Gasteiger partial charge in [0.2, 0.25) is 0 Å². The molecule has 3 heterocycles. The van der Waals surface area contributed by atoms with E-state index >= 15 is 0 Å². The summed E-state index contributed by atoms with van der Waals surface area (Å²) in [5.74, 6) is -0.407. The number of aromatic nitrogens is 5. The Labute approximate surface area is 214 Å². The molecular weight excluding hydrogens is 464 g/mol. The molecule has 0 aliphatic carbocycles. The van der Waals surface area contributed by atoms with Crippen molar-refractivity contribution in [2.45, 2.75) is 26.8 Å². The highest BCUT2D eigenvalue weighted by Gasteiger charge is 2.16. The number of carbonyl (C=O) groups excluding carboxylic acids is 2. The van der Waals surface area contributed by atoms with Gasteiger partial charge in [-0.15, -0.1) is 0 Å². The number of hydrogen-bond acceptors (Lipinski definition) is 5. The molecular formula is C29H26N6O2. The molecule has 0 bridgehead atoms. The van der Waals surface area contributed by atoms with Crippen molar-refractivity contribution in [3.8, 4) is 0 Å². The third-order valence-corrected chi connectivity index (χ3v) is 5.89. The molecule has 0 saturated carbocycles. The Hall–Kier alpha value is -4.85. The van der Waals surface area contributed by atoms with Gasteiger partial charge in [0.15, 0.2) is 5.78 Å². The van der Waals surface area contributed by atoms with Crippen LogP contribution in [0.5, 0.6) is 0 Å². The Morgan fingerprint density at radius 2 is 1.86 bits per heavy atom. The lowest BCUT2D eigenvalue weighted by molar-refractivity contribution is 0.101. The van der Waals surface area contributed by atoms with Gasteiger partial charge in [-0.1, -0.05) is 37.3 Å². The van der Waals surface area contributed by atoms with Gasteiger partial charge in [-0.25, -0.2) is 4.68 Å². The van der Waals surface area contributed by atoms with Crippen molar-refractivity contribution in [1.29, 1.82) is 0 Å². The van der Waals surface area contributed by atoms with Crippen LogP contribution in [0.2, 0.25) is 0 Å². The molecule has 0 unspecified atom stereocenters. The Balaban J connectivity index is 1.38. The number of benzene rings is 2. The van der Waals surface area contributed by atoms with Crippen molar-refractivity contribution in [1.82, 2.24) is 24.5 Å². The van der Waals surface area contributed by atoms with Crippen molar-refractivity contribution >= 4 is 40.6 Å². The lowest BCUT2D eigenvalue weighted by Crippen LogP contribution is -2.18. The molecule has 8 nitrogen and oxygen atoms in total. The van der Waals surface area contributed by atoms with Crippen LogP contribution >= 0.6 is 0 Å². The van der Waals surface area contributed by atoms with Crippen LogP contribution in [-0.2, 0) is 6.54 Å². The first-order valence-corrected chi connectivity index (χ1v) is 12.1. The first kappa shape index (κ1) is 23.9. The minimum absolute atomic E-state index is 0.147. The SMILES string of the molecule is CCCn1nc(C)cc1C(=O)Nc1cccc(C(=O)c2ccc3cnn(C=Cc4ccccn4)c3c2)c1. The largest absolute Gasteiger partial charge is 0.321 e. The van der Waals surface area contributed by atoms with Gasteiger partial charge < -0.3 is 5.32 Å². The van der Waals surface area contributed by atoms with Crippen molar-refractivity contribution in [2.24, 2.45) is 0 Å². The molecule has 0 saturated heterocycles. The first-order valence-electron chi connectivity index (χ1n) is 12.1. The molecule has 184 valence electrons. The van der Waals surface area contributed by atoms with Crippen molar-refractivity contribution in [3.63, 3.8) is 0 Å². The van der Waals surface area contributed by atoms with Crippen LogP contribution in [0, 0.1) is 6.92 Å². The maximum Gasteiger partial charge on any atom is 0.273 e. The van der Waals surface area contributed by atoms with Crippen LogP contribution in [0.4, 0.5) is 5.69 Å². The van der Waals surface area contributed by atoms with Gasteiger partial charge in [0.25, 0.3) is 5.91 Å². The maximum absolute atomic E-state index is 13.4. The van der Waals surface area contributed by atoms with E-state index in [-0.39, 0.29) is 11.7 Å². The summed E-state index contributed by atoms with van der Waals surface area (Å²) in [6, 6.07) is 19.9. The van der Waals surface area contributed by atoms with E-state index in [0.29, 0.717) is 29.1 Å². The van der Waals surface area contributed by atoms with Crippen LogP contribution in [0.1, 0.15) is 51.1 Å². The molecule has 0 spiro atoms. The van der Waals surface area contributed by atoms with E-state index in [2.05, 4.69) is 20.5 Å². The highest BCUT2D eigenvalue weighted by molar-refractivity contribution is 6.11. The monoisotopic (exact) mass is 490 g/mol. The summed E-state index contributed by atoms with van der Waals surface area (Å²) in [7, 11) is 0. The van der Waals surface area contributed by atoms with Crippen molar-refractivity contribution in [3.05, 3.63) is 107 Å². The molecule has 1 N–H and O–H groups in total. The summed E-state index contributed by atoms with van der Waals surface area (Å²) in [4.78, 5) is 30.6. The van der Waals surface area contributed by atoms with E-state index in [1.54, 1.807) is 58.2 Å². The molecule has 0 atom stereocenters. The number of anilines is 1. The number of hydrogen-bond donors (Lipinski definition) is 1. The van der Waals surface area contributed by atoms with Crippen molar-refractivity contribution < 1.29 is 9.59 Å². The molecule has 37 heavy (non-hydrogen) atoms. The smallest absolute Gasteiger partial charge is 0.273 e. The minimum Gasteiger partial charge on any atom is -0.321 e. The van der Waals surface area contributed by atoms with Gasteiger partial charge in [0.05, 0.1) is 23.1 Å². The predicted octanol–water partition coefficient (Wildman–Crippen LogP) is 5.46. The Morgan fingerprint density at radius 1 is 1.00 bits per heavy atom. The van der Waals surface area contributed by atoms with Gasteiger partial charge in [0, 0.05) is 41.1 Å². The standard InChI is InChI=1S/C29H26N6O2/c1-3-14-35-27(16-20(2)33-35)29(37)32-25-9-6-7-21(17-25)28(36)22-10-11-23-19-31-34(26(23)18-22)15-12-24-8-4-5-13-30-24/h4-13,15-19H,3,14H2,1-2H3,(H,32,37). The molecule has 3 aromatic heterocycles. The summed E-state index contributed by atoms with van der Waals surface area (Å²) in [5.41, 5.74) is 4.45. The third-order valence-electron chi connectivity index (χ3n) is 5.89. The van der Waals surface area contributed by atoms with Crippen LogP contribution in [0.3, 0.4) is 0 Å². The number of ketones is 1. The second-order valence-corrected chi connectivity index (χ2v) is 8.69. The fraction of sp³-hybridized carbons (Fsp3) is 0.138. The topological polar surface area (TPSA) is 94.7 Å². The highest BCUT2D eigenvalue weighted by atomic mass is 16.2. The van der Waals surface area contributed by atoms with Crippen LogP contribution in [0.25, 0.3) is 23.2 Å². The second kappa shape index (κ2) is 10.4. The van der Waals surface area contributed by atoms with Gasteiger partial charge in [-0.3, -0.25) is 19.3 Å². The fourth-order valence-electron chi connectivity index (χ4n) is 4.13. The fourth-order valence-corrected chi connectivity index (χ4v) is 4.13. The number of nitrogens with zero attached hydrogens (tertiary/aromatic N) is 5. The molecule has 0 aliphatic heterocycles. The molecule has 5 rings (SSSR count). The summed E-state index contributed by atoms with van der Waals surface area (Å²) < 4.78 is 3.43. The highest BCUT2D eigenvalue weighted by Crippen LogP contribution is 2.21. The molecule has 2 aromatic carbocycles. The average molecular weight is 491 g/mol. The molecule has 0 aliphatic rings. The van der Waals surface area contributed by atoms with E-state index in [0.717, 1.165) is 28.7 Å². The Kier molecular flexibility index (Phi) is 6.72. The van der Waals surface area contributed by atoms with E-state index < -0.39 is 0 Å². The number of amides is 1. The molecule has 5 aromatic rings. The summed E-state index contributed by atoms with van der Waals surface area (Å²) in [6.07, 6.45) is 8.04. The summed E-state index contributed by atoms with van der Waals surface area (Å²) >= 11 is 0. The van der Waals surface area contributed by atoms with E-state index in [4.69, 9.17) is 0 Å². The van der Waals surface area contributed by atoms with E-state index in [1.165, 1.54) is 0 Å². The number of fused-ring (bicyclic) bond motifs is 1. The zero-order valence-corrected chi connectivity index (χ0v) is 20.6. The zero-order valence-electron chi connectivity index (χ0n) is 20.6. The number of aryl methyl sites for hydroxylation is 2. The van der Waals surface area contributed by atoms with Crippen molar-refractivity contribution in [2.75, 3.05) is 5.32 Å². The molecule has 0 fully saturated rings. The van der Waals surface area contributed by atoms with Crippen LogP contribution < -0.4 is 5.32 Å². The van der Waals surface area contributed by atoms with Gasteiger partial charge in [-0.05, 0) is 55.8 Å². The zero-order chi connectivity index (χ0) is 25.8. The number of nitrogens with one attached hydrogen (secondary N) is 1. The molecule has 1 amide bonds. The van der Waals surface area contributed by atoms with Crippen LogP contribution in [-0.4, -0.2) is 36.2 Å². The van der Waals surface area contributed by atoms with Crippen LogP contribution in [0.15, 0.2) is 79.1 Å². The lowest BCUT2D eigenvalue weighted by atomic mass is 10.0.